The topological polar surface area (TPSA) is 119 Å². The van der Waals surface area contributed by atoms with Crippen LogP contribution in [-0.2, 0) is 22.5 Å². The molecule has 1 aliphatic rings. The Bertz CT molecular complexity index is 2020. The van der Waals surface area contributed by atoms with Crippen LogP contribution >= 0.6 is 0 Å². The lowest BCUT2D eigenvalue weighted by Gasteiger charge is -2.30. The molecular weight excluding hydrogens is 601 g/mol. The Hall–Kier alpha value is -5.25. The molecule has 12 heteroatoms. The zero-order valence-electron chi connectivity index (χ0n) is 24.8. The van der Waals surface area contributed by atoms with Gasteiger partial charge in [-0.05, 0) is 61.0 Å². The summed E-state index contributed by atoms with van der Waals surface area (Å²) in [5, 5.41) is 18.5. The molecule has 3 heterocycles. The van der Waals surface area contributed by atoms with Crippen molar-refractivity contribution in [2.75, 3.05) is 20.3 Å². The smallest absolute Gasteiger partial charge is 0.335 e. The molecule has 0 spiro atoms. The fourth-order valence-electron chi connectivity index (χ4n) is 5.56. The van der Waals surface area contributed by atoms with Crippen LogP contribution in [0.25, 0.3) is 22.3 Å². The minimum absolute atomic E-state index is 0.0259. The van der Waals surface area contributed by atoms with Gasteiger partial charge in [0.25, 0.3) is 0 Å². The van der Waals surface area contributed by atoms with Crippen LogP contribution < -0.4 is 4.74 Å². The lowest BCUT2D eigenvalue weighted by atomic mass is 9.99. The first kappa shape index (κ1) is 30.8. The van der Waals surface area contributed by atoms with Crippen molar-refractivity contribution in [2.45, 2.75) is 31.6 Å². The van der Waals surface area contributed by atoms with E-state index in [2.05, 4.69) is 9.97 Å². The van der Waals surface area contributed by atoms with Gasteiger partial charge >= 0.3 is 5.97 Å². The van der Waals surface area contributed by atoms with E-state index in [1.54, 1.807) is 23.8 Å². The Balaban J connectivity index is 1.31. The molecule has 0 unspecified atom stereocenters. The standard InChI is InChI=1S/C34H27F3N4O5/c1-34(44-2)18-45-17-30(34)41-29-12-20(33(42)43)8-9-28(29)39-31(41)13-22-11-26(37)23(14-25(22)36)27-4-3-5-32(40-27)46-16-21-7-6-19(15-38)10-24(21)35/h3-12,14,30H,13,16-18H2,1-2H3,(H,42,43)/t30-,34-/m0/s1. The van der Waals surface area contributed by atoms with Gasteiger partial charge in [0, 0.05) is 30.7 Å². The molecule has 1 N–H and O–H groups in total. The van der Waals surface area contributed by atoms with E-state index in [0.29, 0.717) is 16.9 Å². The third kappa shape index (κ3) is 5.78. The van der Waals surface area contributed by atoms with Crippen molar-refractivity contribution in [1.29, 1.82) is 5.26 Å². The van der Waals surface area contributed by atoms with E-state index in [1.165, 1.54) is 36.4 Å². The Morgan fingerprint density at radius 1 is 1.07 bits per heavy atom. The van der Waals surface area contributed by atoms with Crippen molar-refractivity contribution in [1.82, 2.24) is 14.5 Å². The number of halogens is 3. The molecule has 0 saturated carbocycles. The normalized spacial score (nSPS) is 17.7. The van der Waals surface area contributed by atoms with Gasteiger partial charge < -0.3 is 23.9 Å². The molecule has 2 aromatic heterocycles. The van der Waals surface area contributed by atoms with Crippen molar-refractivity contribution in [2.24, 2.45) is 0 Å². The van der Waals surface area contributed by atoms with E-state index in [-0.39, 0.29) is 65.6 Å². The van der Waals surface area contributed by atoms with Gasteiger partial charge in [-0.1, -0.05) is 12.1 Å². The van der Waals surface area contributed by atoms with E-state index in [4.69, 9.17) is 19.5 Å². The summed E-state index contributed by atoms with van der Waals surface area (Å²) in [4.78, 5) is 20.7. The summed E-state index contributed by atoms with van der Waals surface area (Å²) < 4.78 is 64.4. The molecular formula is C34H27F3N4O5. The van der Waals surface area contributed by atoms with E-state index in [1.807, 2.05) is 13.0 Å². The maximum absolute atomic E-state index is 15.7. The van der Waals surface area contributed by atoms with Crippen LogP contribution in [0.4, 0.5) is 13.2 Å². The van der Waals surface area contributed by atoms with Gasteiger partial charge in [-0.2, -0.15) is 5.26 Å². The Morgan fingerprint density at radius 3 is 2.61 bits per heavy atom. The summed E-state index contributed by atoms with van der Waals surface area (Å²) in [6.07, 6.45) is -0.108. The Morgan fingerprint density at radius 2 is 1.87 bits per heavy atom. The number of rotatable bonds is 9. The zero-order chi connectivity index (χ0) is 32.6. The van der Waals surface area contributed by atoms with E-state index in [9.17, 15) is 14.3 Å². The molecule has 234 valence electrons. The van der Waals surface area contributed by atoms with Crippen molar-refractivity contribution in [3.8, 4) is 23.2 Å². The first-order valence-electron chi connectivity index (χ1n) is 14.2. The highest BCUT2D eigenvalue weighted by atomic mass is 19.1. The Kier molecular flexibility index (Phi) is 8.20. The molecule has 0 radical (unpaired) electrons. The zero-order valence-corrected chi connectivity index (χ0v) is 24.8. The molecule has 3 aromatic carbocycles. The molecule has 0 aliphatic carbocycles. The number of ether oxygens (including phenoxy) is 3. The number of pyridine rings is 1. The van der Waals surface area contributed by atoms with E-state index in [0.717, 1.165) is 18.2 Å². The number of nitriles is 1. The largest absolute Gasteiger partial charge is 0.478 e. The highest BCUT2D eigenvalue weighted by Crippen LogP contribution is 2.37. The number of nitrogens with zero attached hydrogens (tertiary/aromatic N) is 4. The van der Waals surface area contributed by atoms with Gasteiger partial charge in [-0.15, -0.1) is 0 Å². The van der Waals surface area contributed by atoms with Crippen LogP contribution in [0.15, 0.2) is 66.7 Å². The number of carboxylic acids is 1. The molecule has 46 heavy (non-hydrogen) atoms. The number of aromatic carboxylic acids is 1. The van der Waals surface area contributed by atoms with Crippen LogP contribution in [0.3, 0.4) is 0 Å². The lowest BCUT2D eigenvalue weighted by Crippen LogP contribution is -2.38. The number of benzene rings is 3. The van der Waals surface area contributed by atoms with Crippen LogP contribution in [0.5, 0.6) is 5.88 Å². The predicted octanol–water partition coefficient (Wildman–Crippen LogP) is 6.23. The minimum Gasteiger partial charge on any atom is -0.478 e. The number of hydrogen-bond acceptors (Lipinski definition) is 7. The molecule has 1 fully saturated rings. The summed E-state index contributed by atoms with van der Waals surface area (Å²) in [5.74, 6) is -2.71. The van der Waals surface area contributed by atoms with Crippen molar-refractivity contribution in [3.63, 3.8) is 0 Å². The van der Waals surface area contributed by atoms with Gasteiger partial charge in [0.1, 0.15) is 35.5 Å². The summed E-state index contributed by atoms with van der Waals surface area (Å²) in [7, 11) is 1.55. The van der Waals surface area contributed by atoms with Gasteiger partial charge in [0.05, 0.1) is 53.2 Å². The van der Waals surface area contributed by atoms with Gasteiger partial charge in [-0.25, -0.2) is 27.9 Å². The summed E-state index contributed by atoms with van der Waals surface area (Å²) >= 11 is 0. The molecule has 6 rings (SSSR count). The number of aromatic nitrogens is 3. The first-order chi connectivity index (χ1) is 22.1. The number of fused-ring (bicyclic) bond motifs is 1. The van der Waals surface area contributed by atoms with Gasteiger partial charge in [-0.3, -0.25) is 0 Å². The van der Waals surface area contributed by atoms with Crippen LogP contribution in [0, 0.1) is 28.8 Å². The molecule has 0 bridgehead atoms. The molecule has 2 atom stereocenters. The van der Waals surface area contributed by atoms with Crippen LogP contribution in [0.1, 0.15) is 45.8 Å². The molecule has 5 aromatic rings. The highest BCUT2D eigenvalue weighted by Gasteiger charge is 2.43. The first-order valence-corrected chi connectivity index (χ1v) is 14.2. The van der Waals surface area contributed by atoms with Crippen LogP contribution in [0.2, 0.25) is 0 Å². The number of hydrogen-bond donors (Lipinski definition) is 1. The SMILES string of the molecule is CO[C@@]1(C)COC[C@@H]1n1c(Cc2cc(F)c(-c3cccc(OCc4ccc(C#N)cc4F)n3)cc2F)nc2ccc(C(=O)O)cc21. The molecule has 1 saturated heterocycles. The van der Waals surface area contributed by atoms with Crippen molar-refractivity contribution >= 4 is 17.0 Å². The van der Waals surface area contributed by atoms with Crippen LogP contribution in [-0.4, -0.2) is 51.5 Å². The quantitative estimate of drug-likeness (QED) is 0.204. The fraction of sp³-hybridized carbons (Fsp3) is 0.235. The second kappa shape index (κ2) is 12.3. The highest BCUT2D eigenvalue weighted by molar-refractivity contribution is 5.92. The lowest BCUT2D eigenvalue weighted by molar-refractivity contribution is -0.0218. The number of imidazole rings is 1. The van der Waals surface area contributed by atoms with E-state index >= 15 is 8.78 Å². The maximum Gasteiger partial charge on any atom is 0.335 e. The van der Waals surface area contributed by atoms with Gasteiger partial charge in [0.2, 0.25) is 5.88 Å². The minimum atomic E-state index is -1.11. The summed E-state index contributed by atoms with van der Waals surface area (Å²) in [6.45, 7) is 2.20. The molecule has 9 nitrogen and oxygen atoms in total. The summed E-state index contributed by atoms with van der Waals surface area (Å²) in [5.41, 5.74) is 0.678. The summed E-state index contributed by atoms with van der Waals surface area (Å²) in [6, 6.07) is 16.6. The maximum atomic E-state index is 15.7. The third-order valence-corrected chi connectivity index (χ3v) is 8.20. The average Bonchev–Trinajstić information content (AvgIpc) is 3.60. The number of carbonyl (C=O) groups is 1. The molecule has 1 aliphatic heterocycles. The van der Waals surface area contributed by atoms with Crippen molar-refractivity contribution in [3.05, 3.63) is 112 Å². The number of carboxylic acid groups (broad SMARTS) is 1. The predicted molar refractivity (Wildman–Crippen MR) is 160 cm³/mol. The van der Waals surface area contributed by atoms with E-state index < -0.39 is 35.1 Å². The van der Waals surface area contributed by atoms with Gasteiger partial charge in [0.15, 0.2) is 0 Å². The van der Waals surface area contributed by atoms with Crippen molar-refractivity contribution < 1.29 is 37.3 Å². The number of methoxy groups -OCH3 is 1. The molecule has 0 amide bonds. The fourth-order valence-corrected chi connectivity index (χ4v) is 5.56. The average molecular weight is 629 g/mol. The third-order valence-electron chi connectivity index (χ3n) is 8.20. The monoisotopic (exact) mass is 628 g/mol. The second-order valence-electron chi connectivity index (χ2n) is 11.1. The second-order valence-corrected chi connectivity index (χ2v) is 11.1. The Labute approximate surface area is 261 Å².